The normalized spacial score (nSPS) is 22.9. The van der Waals surface area contributed by atoms with Gasteiger partial charge in [-0.2, -0.15) is 0 Å². The SMILES string of the molecule is NCc1ccccc1CC(=O)N1CCN2CCCCC2C1. The van der Waals surface area contributed by atoms with E-state index in [0.717, 1.165) is 30.8 Å². The van der Waals surface area contributed by atoms with Crippen molar-refractivity contribution >= 4 is 5.91 Å². The van der Waals surface area contributed by atoms with Crippen molar-refractivity contribution in [3.63, 3.8) is 0 Å². The maximum absolute atomic E-state index is 12.6. The lowest BCUT2D eigenvalue weighted by Gasteiger charge is -2.44. The summed E-state index contributed by atoms with van der Waals surface area (Å²) in [4.78, 5) is 17.2. The molecule has 21 heavy (non-hydrogen) atoms. The minimum atomic E-state index is 0.251. The summed E-state index contributed by atoms with van der Waals surface area (Å²) >= 11 is 0. The first kappa shape index (κ1) is 14.5. The fourth-order valence-electron chi connectivity index (χ4n) is 3.59. The second kappa shape index (κ2) is 6.58. The van der Waals surface area contributed by atoms with Gasteiger partial charge in [-0.25, -0.2) is 0 Å². The van der Waals surface area contributed by atoms with Crippen LogP contribution in [0.2, 0.25) is 0 Å². The van der Waals surface area contributed by atoms with Gasteiger partial charge in [0.05, 0.1) is 6.42 Å². The van der Waals surface area contributed by atoms with Crippen LogP contribution in [-0.2, 0) is 17.8 Å². The molecule has 3 rings (SSSR count). The molecule has 2 N–H and O–H groups in total. The van der Waals surface area contributed by atoms with E-state index in [1.807, 2.05) is 24.3 Å². The van der Waals surface area contributed by atoms with Crippen LogP contribution in [0.25, 0.3) is 0 Å². The lowest BCUT2D eigenvalue weighted by molar-refractivity contribution is -0.134. The number of carbonyl (C=O) groups excluding carboxylic acids is 1. The van der Waals surface area contributed by atoms with Gasteiger partial charge in [0.2, 0.25) is 5.91 Å². The number of fused-ring (bicyclic) bond motifs is 1. The standard InChI is InChI=1S/C17H25N3O/c18-12-15-6-2-1-5-14(15)11-17(21)20-10-9-19-8-4-3-7-16(19)13-20/h1-2,5-6,16H,3-4,7-13,18H2. The molecule has 1 unspecified atom stereocenters. The number of piperazine rings is 1. The van der Waals surface area contributed by atoms with Gasteiger partial charge in [-0.1, -0.05) is 30.7 Å². The monoisotopic (exact) mass is 287 g/mol. The van der Waals surface area contributed by atoms with Crippen LogP contribution >= 0.6 is 0 Å². The number of hydrogen-bond donors (Lipinski definition) is 1. The molecular formula is C17H25N3O. The Hall–Kier alpha value is -1.39. The summed E-state index contributed by atoms with van der Waals surface area (Å²) in [6, 6.07) is 8.59. The Bertz CT molecular complexity index is 503. The van der Waals surface area contributed by atoms with Crippen molar-refractivity contribution in [3.8, 4) is 0 Å². The Kier molecular flexibility index (Phi) is 4.56. The number of nitrogens with zero attached hydrogens (tertiary/aromatic N) is 2. The van der Waals surface area contributed by atoms with Crippen LogP contribution in [0.1, 0.15) is 30.4 Å². The summed E-state index contributed by atoms with van der Waals surface area (Å²) < 4.78 is 0. The topological polar surface area (TPSA) is 49.6 Å². The molecule has 0 aliphatic carbocycles. The number of nitrogens with two attached hydrogens (primary N) is 1. The van der Waals surface area contributed by atoms with Gasteiger partial charge in [0.1, 0.15) is 0 Å². The van der Waals surface area contributed by atoms with Gasteiger partial charge in [0, 0.05) is 32.2 Å². The highest BCUT2D eigenvalue weighted by molar-refractivity contribution is 5.79. The van der Waals surface area contributed by atoms with Crippen LogP contribution in [0, 0.1) is 0 Å². The van der Waals surface area contributed by atoms with E-state index >= 15 is 0 Å². The van der Waals surface area contributed by atoms with Gasteiger partial charge in [0.15, 0.2) is 0 Å². The second-order valence-electron chi connectivity index (χ2n) is 6.17. The summed E-state index contributed by atoms with van der Waals surface area (Å²) in [6.07, 6.45) is 4.34. The first-order valence-corrected chi connectivity index (χ1v) is 8.06. The zero-order valence-corrected chi connectivity index (χ0v) is 12.6. The van der Waals surface area contributed by atoms with E-state index in [0.29, 0.717) is 19.0 Å². The predicted molar refractivity (Wildman–Crippen MR) is 83.8 cm³/mol. The molecule has 1 amide bonds. The molecule has 0 saturated carbocycles. The van der Waals surface area contributed by atoms with Crippen LogP contribution in [0.4, 0.5) is 0 Å². The largest absolute Gasteiger partial charge is 0.340 e. The van der Waals surface area contributed by atoms with Crippen molar-refractivity contribution in [2.24, 2.45) is 5.73 Å². The van der Waals surface area contributed by atoms with Gasteiger partial charge in [0.25, 0.3) is 0 Å². The molecule has 0 spiro atoms. The van der Waals surface area contributed by atoms with Crippen molar-refractivity contribution in [1.29, 1.82) is 0 Å². The zero-order chi connectivity index (χ0) is 14.7. The number of amides is 1. The molecule has 4 nitrogen and oxygen atoms in total. The van der Waals surface area contributed by atoms with Crippen molar-refractivity contribution in [3.05, 3.63) is 35.4 Å². The predicted octanol–water partition coefficient (Wildman–Crippen LogP) is 1.38. The third-order valence-electron chi connectivity index (χ3n) is 4.87. The Morgan fingerprint density at radius 1 is 1.14 bits per heavy atom. The molecule has 2 fully saturated rings. The molecule has 4 heteroatoms. The summed E-state index contributed by atoms with van der Waals surface area (Å²) in [5.41, 5.74) is 7.93. The van der Waals surface area contributed by atoms with E-state index < -0.39 is 0 Å². The van der Waals surface area contributed by atoms with Crippen molar-refractivity contribution in [1.82, 2.24) is 9.80 Å². The minimum Gasteiger partial charge on any atom is -0.340 e. The Morgan fingerprint density at radius 2 is 1.95 bits per heavy atom. The maximum Gasteiger partial charge on any atom is 0.227 e. The van der Waals surface area contributed by atoms with Crippen LogP contribution in [0.3, 0.4) is 0 Å². The number of rotatable bonds is 3. The first-order chi connectivity index (χ1) is 10.3. The number of carbonyl (C=O) groups is 1. The average molecular weight is 287 g/mol. The third-order valence-corrected chi connectivity index (χ3v) is 4.87. The first-order valence-electron chi connectivity index (χ1n) is 8.06. The highest BCUT2D eigenvalue weighted by Gasteiger charge is 2.30. The lowest BCUT2D eigenvalue weighted by Crippen LogP contribution is -2.56. The van der Waals surface area contributed by atoms with Gasteiger partial charge >= 0.3 is 0 Å². The molecule has 2 aliphatic rings. The van der Waals surface area contributed by atoms with Crippen molar-refractivity contribution in [2.75, 3.05) is 26.2 Å². The third kappa shape index (κ3) is 3.27. The van der Waals surface area contributed by atoms with E-state index in [1.54, 1.807) is 0 Å². The van der Waals surface area contributed by atoms with Crippen molar-refractivity contribution in [2.45, 2.75) is 38.3 Å². The summed E-state index contributed by atoms with van der Waals surface area (Å²) in [6.45, 7) is 4.53. The molecule has 0 bridgehead atoms. The van der Waals surface area contributed by atoms with Gasteiger partial charge in [-0.3, -0.25) is 9.69 Å². The molecule has 2 aliphatic heterocycles. The second-order valence-corrected chi connectivity index (χ2v) is 6.17. The van der Waals surface area contributed by atoms with E-state index in [-0.39, 0.29) is 5.91 Å². The molecule has 1 aromatic carbocycles. The van der Waals surface area contributed by atoms with Crippen LogP contribution in [-0.4, -0.2) is 47.9 Å². The Balaban J connectivity index is 1.63. The zero-order valence-electron chi connectivity index (χ0n) is 12.6. The van der Waals surface area contributed by atoms with Crippen LogP contribution in [0.5, 0.6) is 0 Å². The fraction of sp³-hybridized carbons (Fsp3) is 0.588. The Labute approximate surface area is 126 Å². The maximum atomic E-state index is 12.6. The number of hydrogen-bond acceptors (Lipinski definition) is 3. The van der Waals surface area contributed by atoms with E-state index in [2.05, 4.69) is 9.80 Å². The number of benzene rings is 1. The van der Waals surface area contributed by atoms with Gasteiger partial charge in [-0.05, 0) is 30.5 Å². The molecule has 2 heterocycles. The summed E-state index contributed by atoms with van der Waals surface area (Å²) in [5, 5.41) is 0. The highest BCUT2D eigenvalue weighted by Crippen LogP contribution is 2.21. The minimum absolute atomic E-state index is 0.251. The summed E-state index contributed by atoms with van der Waals surface area (Å²) in [5.74, 6) is 0.251. The molecule has 0 radical (unpaired) electrons. The van der Waals surface area contributed by atoms with Crippen LogP contribution in [0.15, 0.2) is 24.3 Å². The van der Waals surface area contributed by atoms with E-state index in [1.165, 1.54) is 25.8 Å². The quantitative estimate of drug-likeness (QED) is 0.914. The lowest BCUT2D eigenvalue weighted by atomic mass is 9.98. The summed E-state index contributed by atoms with van der Waals surface area (Å²) in [7, 11) is 0. The smallest absolute Gasteiger partial charge is 0.227 e. The number of piperidine rings is 1. The van der Waals surface area contributed by atoms with Crippen molar-refractivity contribution < 1.29 is 4.79 Å². The fourth-order valence-corrected chi connectivity index (χ4v) is 3.59. The molecular weight excluding hydrogens is 262 g/mol. The van der Waals surface area contributed by atoms with E-state index in [4.69, 9.17) is 5.73 Å². The van der Waals surface area contributed by atoms with E-state index in [9.17, 15) is 4.79 Å². The van der Waals surface area contributed by atoms with Gasteiger partial charge in [-0.15, -0.1) is 0 Å². The molecule has 0 aromatic heterocycles. The van der Waals surface area contributed by atoms with Gasteiger partial charge < -0.3 is 10.6 Å². The molecule has 114 valence electrons. The molecule has 2 saturated heterocycles. The van der Waals surface area contributed by atoms with Crippen LogP contribution < -0.4 is 5.73 Å². The molecule has 1 atom stereocenters. The average Bonchev–Trinajstić information content (AvgIpc) is 2.55. The Morgan fingerprint density at radius 3 is 2.76 bits per heavy atom. The molecule has 1 aromatic rings. The highest BCUT2D eigenvalue weighted by atomic mass is 16.2.